The molecule has 0 aliphatic carbocycles. The van der Waals surface area contributed by atoms with Crippen molar-refractivity contribution in [3.05, 3.63) is 71.3 Å². The van der Waals surface area contributed by atoms with Gasteiger partial charge in [0.2, 0.25) is 0 Å². The SMILES string of the molecule is COC(=O)[C@H](CO)NC(=O)OCc1ccccc1CC[C@H](C)OCc1ccccc1. The molecule has 0 saturated heterocycles. The fourth-order valence-corrected chi connectivity index (χ4v) is 2.85. The Morgan fingerprint density at radius 2 is 1.67 bits per heavy atom. The summed E-state index contributed by atoms with van der Waals surface area (Å²) in [5.41, 5.74) is 3.07. The number of amides is 1. The van der Waals surface area contributed by atoms with E-state index in [0.29, 0.717) is 6.61 Å². The van der Waals surface area contributed by atoms with Crippen molar-refractivity contribution >= 4 is 12.1 Å². The fraction of sp³-hybridized carbons (Fsp3) is 0.391. The molecule has 0 unspecified atom stereocenters. The topological polar surface area (TPSA) is 94.1 Å². The van der Waals surface area contributed by atoms with E-state index in [9.17, 15) is 9.59 Å². The van der Waals surface area contributed by atoms with Crippen molar-refractivity contribution in [2.45, 2.75) is 45.1 Å². The Morgan fingerprint density at radius 1 is 1.00 bits per heavy atom. The molecule has 2 rings (SSSR count). The van der Waals surface area contributed by atoms with Crippen LogP contribution in [0.4, 0.5) is 4.79 Å². The zero-order valence-corrected chi connectivity index (χ0v) is 17.4. The van der Waals surface area contributed by atoms with Gasteiger partial charge in [-0.3, -0.25) is 0 Å². The van der Waals surface area contributed by atoms with Crippen molar-refractivity contribution in [3.8, 4) is 0 Å². The minimum atomic E-state index is -1.15. The summed E-state index contributed by atoms with van der Waals surface area (Å²) in [6.07, 6.45) is 0.880. The molecule has 0 spiro atoms. The molecule has 30 heavy (non-hydrogen) atoms. The van der Waals surface area contributed by atoms with Crippen LogP contribution >= 0.6 is 0 Å². The number of carbonyl (C=O) groups is 2. The van der Waals surface area contributed by atoms with Crippen LogP contribution < -0.4 is 5.32 Å². The Hall–Kier alpha value is -2.90. The lowest BCUT2D eigenvalue weighted by molar-refractivity contribution is -0.144. The Morgan fingerprint density at radius 3 is 2.33 bits per heavy atom. The summed E-state index contributed by atoms with van der Waals surface area (Å²) >= 11 is 0. The number of nitrogens with one attached hydrogen (secondary N) is 1. The highest BCUT2D eigenvalue weighted by atomic mass is 16.6. The van der Waals surface area contributed by atoms with Crippen LogP contribution in [0.1, 0.15) is 30.0 Å². The number of methoxy groups -OCH3 is 1. The minimum absolute atomic E-state index is 0.0561. The molecule has 0 fully saturated rings. The fourth-order valence-electron chi connectivity index (χ4n) is 2.85. The zero-order chi connectivity index (χ0) is 21.8. The largest absolute Gasteiger partial charge is 0.467 e. The molecule has 0 aliphatic rings. The Balaban J connectivity index is 1.82. The van der Waals surface area contributed by atoms with Gasteiger partial charge in [-0.2, -0.15) is 0 Å². The molecule has 0 radical (unpaired) electrons. The lowest BCUT2D eigenvalue weighted by atomic mass is 10.0. The van der Waals surface area contributed by atoms with Gasteiger partial charge >= 0.3 is 12.1 Å². The third-order valence-electron chi connectivity index (χ3n) is 4.64. The average molecular weight is 415 g/mol. The van der Waals surface area contributed by atoms with Gasteiger partial charge in [0.15, 0.2) is 6.04 Å². The average Bonchev–Trinajstić information content (AvgIpc) is 2.79. The molecule has 7 nitrogen and oxygen atoms in total. The van der Waals surface area contributed by atoms with E-state index >= 15 is 0 Å². The first-order valence-corrected chi connectivity index (χ1v) is 9.87. The van der Waals surface area contributed by atoms with Crippen LogP contribution in [-0.2, 0) is 38.6 Å². The van der Waals surface area contributed by atoms with Gasteiger partial charge in [-0.1, -0.05) is 54.6 Å². The van der Waals surface area contributed by atoms with Crippen LogP contribution in [0.3, 0.4) is 0 Å². The van der Waals surface area contributed by atoms with Crippen LogP contribution in [0.2, 0.25) is 0 Å². The van der Waals surface area contributed by atoms with Gasteiger partial charge in [-0.25, -0.2) is 9.59 Å². The van der Waals surface area contributed by atoms with Crippen LogP contribution in [0.5, 0.6) is 0 Å². The molecule has 0 heterocycles. The zero-order valence-electron chi connectivity index (χ0n) is 17.4. The Bertz CT molecular complexity index is 795. The molecule has 2 aromatic rings. The van der Waals surface area contributed by atoms with Gasteiger partial charge in [0.25, 0.3) is 0 Å². The van der Waals surface area contributed by atoms with Gasteiger partial charge in [-0.05, 0) is 36.5 Å². The van der Waals surface area contributed by atoms with E-state index in [4.69, 9.17) is 14.6 Å². The summed E-state index contributed by atoms with van der Waals surface area (Å²) in [4.78, 5) is 23.4. The first-order valence-electron chi connectivity index (χ1n) is 9.87. The van der Waals surface area contributed by atoms with Gasteiger partial charge < -0.3 is 24.6 Å². The second kappa shape index (κ2) is 12.6. The summed E-state index contributed by atoms with van der Waals surface area (Å²) in [6.45, 7) is 2.09. The smallest absolute Gasteiger partial charge is 0.408 e. The molecular weight excluding hydrogens is 386 g/mol. The van der Waals surface area contributed by atoms with Crippen LogP contribution in [0.15, 0.2) is 54.6 Å². The predicted molar refractivity (Wildman–Crippen MR) is 112 cm³/mol. The summed E-state index contributed by atoms with van der Waals surface area (Å²) in [5.74, 6) is -0.737. The van der Waals surface area contributed by atoms with Gasteiger partial charge in [-0.15, -0.1) is 0 Å². The molecule has 7 heteroatoms. The lowest BCUT2D eigenvalue weighted by Gasteiger charge is -2.16. The number of aryl methyl sites for hydroxylation is 1. The number of carbonyl (C=O) groups excluding carboxylic acids is 2. The maximum atomic E-state index is 11.9. The van der Waals surface area contributed by atoms with Gasteiger partial charge in [0.1, 0.15) is 6.61 Å². The van der Waals surface area contributed by atoms with E-state index in [1.54, 1.807) is 0 Å². The highest BCUT2D eigenvalue weighted by molar-refractivity contribution is 5.81. The van der Waals surface area contributed by atoms with Crippen molar-refractivity contribution in [3.63, 3.8) is 0 Å². The van der Waals surface area contributed by atoms with Crippen molar-refractivity contribution in [2.24, 2.45) is 0 Å². The number of rotatable bonds is 11. The molecule has 2 aromatic carbocycles. The molecule has 2 atom stereocenters. The van der Waals surface area contributed by atoms with E-state index < -0.39 is 24.7 Å². The van der Waals surface area contributed by atoms with Crippen molar-refractivity contribution in [2.75, 3.05) is 13.7 Å². The van der Waals surface area contributed by atoms with Crippen LogP contribution in [0.25, 0.3) is 0 Å². The summed E-state index contributed by atoms with van der Waals surface area (Å²) < 4.78 is 15.6. The number of hydrogen-bond donors (Lipinski definition) is 2. The van der Waals surface area contributed by atoms with Crippen molar-refractivity contribution in [1.29, 1.82) is 0 Å². The third kappa shape index (κ3) is 7.85. The van der Waals surface area contributed by atoms with Crippen molar-refractivity contribution in [1.82, 2.24) is 5.32 Å². The highest BCUT2D eigenvalue weighted by Crippen LogP contribution is 2.15. The summed E-state index contributed by atoms with van der Waals surface area (Å²) in [5, 5.41) is 11.4. The second-order valence-corrected chi connectivity index (χ2v) is 6.89. The van der Waals surface area contributed by atoms with Crippen molar-refractivity contribution < 1.29 is 28.9 Å². The Labute approximate surface area is 177 Å². The number of alkyl carbamates (subject to hydrolysis) is 1. The molecule has 162 valence electrons. The normalized spacial score (nSPS) is 12.6. The number of benzene rings is 2. The second-order valence-electron chi connectivity index (χ2n) is 6.89. The number of hydrogen-bond acceptors (Lipinski definition) is 6. The molecule has 0 bridgehead atoms. The standard InChI is InChI=1S/C23H29NO6/c1-17(29-15-18-8-4-3-5-9-18)12-13-19-10-6-7-11-20(19)16-30-23(27)24-21(14-25)22(26)28-2/h3-11,17,21,25H,12-16H2,1-2H3,(H,24,27)/t17-,21-/m0/s1. The maximum Gasteiger partial charge on any atom is 0.408 e. The minimum Gasteiger partial charge on any atom is -0.467 e. The quantitative estimate of drug-likeness (QED) is 0.548. The molecular formula is C23H29NO6. The summed E-state index contributed by atoms with van der Waals surface area (Å²) in [7, 11) is 1.18. The molecule has 0 aromatic heterocycles. The van der Waals surface area contributed by atoms with E-state index in [1.165, 1.54) is 7.11 Å². The number of esters is 1. The Kier molecular flexibility index (Phi) is 9.83. The summed E-state index contributed by atoms with van der Waals surface area (Å²) in [6, 6.07) is 16.6. The highest BCUT2D eigenvalue weighted by Gasteiger charge is 2.21. The first kappa shape index (κ1) is 23.4. The van der Waals surface area contributed by atoms with E-state index in [2.05, 4.69) is 10.1 Å². The van der Waals surface area contributed by atoms with E-state index in [1.807, 2.05) is 61.5 Å². The molecule has 0 saturated carbocycles. The van der Waals surface area contributed by atoms with E-state index in [-0.39, 0.29) is 12.7 Å². The maximum absolute atomic E-state index is 11.9. The number of ether oxygens (including phenoxy) is 3. The molecule has 0 aliphatic heterocycles. The van der Waals surface area contributed by atoms with Crippen LogP contribution in [-0.4, -0.2) is 43.0 Å². The molecule has 1 amide bonds. The lowest BCUT2D eigenvalue weighted by Crippen LogP contribution is -2.44. The van der Waals surface area contributed by atoms with Gasteiger partial charge in [0.05, 0.1) is 26.4 Å². The monoisotopic (exact) mass is 415 g/mol. The van der Waals surface area contributed by atoms with Crippen LogP contribution in [0, 0.1) is 0 Å². The number of aliphatic hydroxyl groups is 1. The van der Waals surface area contributed by atoms with E-state index in [0.717, 1.165) is 29.5 Å². The molecule has 2 N–H and O–H groups in total. The first-order chi connectivity index (χ1) is 14.5. The third-order valence-corrected chi connectivity index (χ3v) is 4.64. The van der Waals surface area contributed by atoms with Gasteiger partial charge in [0, 0.05) is 0 Å². The number of aliphatic hydroxyl groups excluding tert-OH is 1. The predicted octanol–water partition coefficient (Wildman–Crippen LogP) is 2.98.